The van der Waals surface area contributed by atoms with Gasteiger partial charge in [-0.2, -0.15) is 0 Å². The zero-order valence-electron chi connectivity index (χ0n) is 20.7. The first-order valence-electron chi connectivity index (χ1n) is 11.6. The molecule has 3 rings (SSSR count). The van der Waals surface area contributed by atoms with Crippen LogP contribution in [0.25, 0.3) is 0 Å². The molecule has 0 aliphatic heterocycles. The maximum Gasteiger partial charge on any atom is 0.261 e. The number of nitrogens with zero attached hydrogens (tertiary/aromatic N) is 1. The molecular formula is C28H31FN2O5. The number of halogens is 1. The molecule has 0 heterocycles. The zero-order chi connectivity index (χ0) is 25.9. The van der Waals surface area contributed by atoms with E-state index in [1.807, 2.05) is 36.4 Å². The van der Waals surface area contributed by atoms with Crippen molar-refractivity contribution >= 4 is 11.8 Å². The van der Waals surface area contributed by atoms with Crippen molar-refractivity contribution in [3.63, 3.8) is 0 Å². The van der Waals surface area contributed by atoms with Gasteiger partial charge in [-0.25, -0.2) is 4.39 Å². The van der Waals surface area contributed by atoms with Crippen molar-refractivity contribution in [1.29, 1.82) is 0 Å². The number of nitrogens with one attached hydrogen (secondary N) is 1. The number of amides is 2. The second-order valence-electron chi connectivity index (χ2n) is 8.16. The van der Waals surface area contributed by atoms with E-state index in [0.717, 1.165) is 5.56 Å². The highest BCUT2D eigenvalue weighted by Crippen LogP contribution is 2.27. The maximum absolute atomic E-state index is 13.4. The molecule has 0 unspecified atom stereocenters. The first-order valence-corrected chi connectivity index (χ1v) is 11.6. The smallest absolute Gasteiger partial charge is 0.261 e. The molecular weight excluding hydrogens is 463 g/mol. The summed E-state index contributed by atoms with van der Waals surface area (Å²) in [4.78, 5) is 27.5. The number of carbonyl (C=O) groups is 2. The van der Waals surface area contributed by atoms with E-state index in [2.05, 4.69) is 5.32 Å². The van der Waals surface area contributed by atoms with Gasteiger partial charge in [0, 0.05) is 13.1 Å². The van der Waals surface area contributed by atoms with Crippen molar-refractivity contribution in [2.75, 3.05) is 27.4 Å². The van der Waals surface area contributed by atoms with Gasteiger partial charge in [0.2, 0.25) is 5.91 Å². The van der Waals surface area contributed by atoms with Gasteiger partial charge >= 0.3 is 0 Å². The summed E-state index contributed by atoms with van der Waals surface area (Å²) in [5.41, 5.74) is 1.67. The molecule has 0 fully saturated rings. The van der Waals surface area contributed by atoms with Crippen LogP contribution in [0.1, 0.15) is 18.1 Å². The highest BCUT2D eigenvalue weighted by atomic mass is 19.1. The molecule has 0 aliphatic carbocycles. The van der Waals surface area contributed by atoms with Crippen LogP contribution >= 0.6 is 0 Å². The molecule has 1 atom stereocenters. The highest BCUT2D eigenvalue weighted by molar-refractivity contribution is 5.88. The summed E-state index contributed by atoms with van der Waals surface area (Å²) in [6, 6.07) is 19.6. The van der Waals surface area contributed by atoms with Crippen molar-refractivity contribution in [3.05, 3.63) is 89.7 Å². The Hall–Kier alpha value is -4.07. The average Bonchev–Trinajstić information content (AvgIpc) is 2.91. The van der Waals surface area contributed by atoms with Crippen LogP contribution in [-0.4, -0.2) is 50.1 Å². The standard InChI is InChI=1S/C28H31FN2O5/c1-20(28(33)30-16-15-21-11-14-25(34-2)26(17-21)35-3)31(18-22-9-12-23(29)13-10-22)27(32)19-36-24-7-5-4-6-8-24/h4-14,17,20H,15-16,18-19H2,1-3H3,(H,30,33)/t20-/m1/s1. The van der Waals surface area contributed by atoms with E-state index in [0.29, 0.717) is 35.8 Å². The van der Waals surface area contributed by atoms with E-state index in [9.17, 15) is 14.0 Å². The number of para-hydroxylation sites is 1. The molecule has 0 aliphatic rings. The molecule has 2 amide bonds. The molecule has 1 N–H and O–H groups in total. The molecule has 7 nitrogen and oxygen atoms in total. The summed E-state index contributed by atoms with van der Waals surface area (Å²) in [5, 5.41) is 2.90. The van der Waals surface area contributed by atoms with Crippen molar-refractivity contribution in [2.24, 2.45) is 0 Å². The van der Waals surface area contributed by atoms with Gasteiger partial charge in [0.25, 0.3) is 5.91 Å². The third kappa shape index (κ3) is 7.46. The van der Waals surface area contributed by atoms with Crippen LogP contribution in [0.5, 0.6) is 17.2 Å². The zero-order valence-corrected chi connectivity index (χ0v) is 20.7. The minimum absolute atomic E-state index is 0.140. The van der Waals surface area contributed by atoms with Gasteiger partial charge in [-0.1, -0.05) is 36.4 Å². The predicted octanol–water partition coefficient (Wildman–Crippen LogP) is 4.00. The number of benzene rings is 3. The van der Waals surface area contributed by atoms with Crippen LogP contribution in [0.2, 0.25) is 0 Å². The van der Waals surface area contributed by atoms with Crippen LogP contribution in [0.4, 0.5) is 4.39 Å². The van der Waals surface area contributed by atoms with Gasteiger partial charge in [-0.3, -0.25) is 9.59 Å². The van der Waals surface area contributed by atoms with Crippen LogP contribution < -0.4 is 19.5 Å². The molecule has 190 valence electrons. The average molecular weight is 495 g/mol. The number of methoxy groups -OCH3 is 2. The Morgan fingerprint density at radius 1 is 0.917 bits per heavy atom. The lowest BCUT2D eigenvalue weighted by Gasteiger charge is -2.28. The van der Waals surface area contributed by atoms with Gasteiger partial charge < -0.3 is 24.4 Å². The Bertz CT molecular complexity index is 1140. The van der Waals surface area contributed by atoms with Gasteiger partial charge in [0.05, 0.1) is 14.2 Å². The molecule has 3 aromatic rings. The lowest BCUT2D eigenvalue weighted by atomic mass is 10.1. The second kappa shape index (κ2) is 13.1. The molecule has 0 radical (unpaired) electrons. The number of carbonyl (C=O) groups excluding carboxylic acids is 2. The van der Waals surface area contributed by atoms with Gasteiger partial charge in [-0.05, 0) is 60.9 Å². The van der Waals surface area contributed by atoms with Crippen molar-refractivity contribution < 1.29 is 28.2 Å². The minimum atomic E-state index is -0.771. The number of hydrogen-bond donors (Lipinski definition) is 1. The van der Waals surface area contributed by atoms with E-state index in [1.54, 1.807) is 45.4 Å². The Morgan fingerprint density at radius 2 is 1.58 bits per heavy atom. The van der Waals surface area contributed by atoms with E-state index in [1.165, 1.54) is 17.0 Å². The fourth-order valence-electron chi connectivity index (χ4n) is 3.63. The third-order valence-electron chi connectivity index (χ3n) is 5.70. The summed E-state index contributed by atoms with van der Waals surface area (Å²) < 4.78 is 29.6. The van der Waals surface area contributed by atoms with Crippen molar-refractivity contribution in [1.82, 2.24) is 10.2 Å². The lowest BCUT2D eigenvalue weighted by Crippen LogP contribution is -2.49. The maximum atomic E-state index is 13.4. The molecule has 3 aromatic carbocycles. The summed E-state index contributed by atoms with van der Waals surface area (Å²) in [6.07, 6.45) is 0.571. The first-order chi connectivity index (χ1) is 17.4. The lowest BCUT2D eigenvalue weighted by molar-refractivity contribution is -0.142. The van der Waals surface area contributed by atoms with Crippen molar-refractivity contribution in [2.45, 2.75) is 25.9 Å². The SMILES string of the molecule is COc1ccc(CCNC(=O)[C@@H](C)N(Cc2ccc(F)cc2)C(=O)COc2ccccc2)cc1OC. The third-order valence-corrected chi connectivity index (χ3v) is 5.70. The van der Waals surface area contributed by atoms with Gasteiger partial charge in [0.1, 0.15) is 17.6 Å². The topological polar surface area (TPSA) is 77.1 Å². The molecule has 0 saturated heterocycles. The quantitative estimate of drug-likeness (QED) is 0.412. The summed E-state index contributed by atoms with van der Waals surface area (Å²) in [5.74, 6) is 0.775. The Balaban J connectivity index is 1.64. The normalized spacial score (nSPS) is 11.3. The second-order valence-corrected chi connectivity index (χ2v) is 8.16. The van der Waals surface area contributed by atoms with E-state index < -0.39 is 6.04 Å². The number of ether oxygens (including phenoxy) is 3. The Labute approximate surface area is 210 Å². The minimum Gasteiger partial charge on any atom is -0.493 e. The van der Waals surface area contributed by atoms with Crippen LogP contribution in [-0.2, 0) is 22.6 Å². The fourth-order valence-corrected chi connectivity index (χ4v) is 3.63. The number of rotatable bonds is 12. The van der Waals surface area contributed by atoms with Crippen LogP contribution in [0, 0.1) is 5.82 Å². The highest BCUT2D eigenvalue weighted by Gasteiger charge is 2.26. The molecule has 8 heteroatoms. The van der Waals surface area contributed by atoms with Crippen molar-refractivity contribution in [3.8, 4) is 17.2 Å². The van der Waals surface area contributed by atoms with Gasteiger partial charge in [-0.15, -0.1) is 0 Å². The largest absolute Gasteiger partial charge is 0.493 e. The molecule has 0 bridgehead atoms. The van der Waals surface area contributed by atoms with Crippen LogP contribution in [0.3, 0.4) is 0 Å². The molecule has 0 saturated carbocycles. The molecule has 36 heavy (non-hydrogen) atoms. The summed E-state index contributed by atoms with van der Waals surface area (Å²) >= 11 is 0. The molecule has 0 aromatic heterocycles. The fraction of sp³-hybridized carbons (Fsp3) is 0.286. The monoisotopic (exact) mass is 494 g/mol. The Kier molecular flexibility index (Phi) is 9.68. The summed E-state index contributed by atoms with van der Waals surface area (Å²) in [7, 11) is 3.14. The van der Waals surface area contributed by atoms with E-state index in [-0.39, 0.29) is 30.8 Å². The first kappa shape index (κ1) is 26.5. The summed E-state index contributed by atoms with van der Waals surface area (Å²) in [6.45, 7) is 1.95. The van der Waals surface area contributed by atoms with Gasteiger partial charge in [0.15, 0.2) is 18.1 Å². The predicted molar refractivity (Wildman–Crippen MR) is 135 cm³/mol. The number of hydrogen-bond acceptors (Lipinski definition) is 5. The Morgan fingerprint density at radius 3 is 2.25 bits per heavy atom. The molecule has 0 spiro atoms. The van der Waals surface area contributed by atoms with E-state index in [4.69, 9.17) is 14.2 Å². The van der Waals surface area contributed by atoms with Crippen LogP contribution in [0.15, 0.2) is 72.8 Å². The van der Waals surface area contributed by atoms with E-state index >= 15 is 0 Å².